The number of carbonyl (C=O) groups excluding carboxylic acids is 2. The quantitative estimate of drug-likeness (QED) is 0.378. The van der Waals surface area contributed by atoms with Crippen molar-refractivity contribution in [2.24, 2.45) is 11.7 Å². The molecule has 3 aliphatic rings. The average Bonchev–Trinajstić information content (AvgIpc) is 3.42. The molecule has 2 N–H and O–H groups in total. The molecule has 0 radical (unpaired) electrons. The minimum absolute atomic E-state index is 0.0423. The number of hydrogen-bond donors (Lipinski definition) is 1. The number of fused-ring (bicyclic) bond motifs is 3. The van der Waals surface area contributed by atoms with Crippen molar-refractivity contribution in [2.75, 3.05) is 19.6 Å². The van der Waals surface area contributed by atoms with E-state index in [4.69, 9.17) is 33.7 Å². The molecule has 3 aromatic rings. The van der Waals surface area contributed by atoms with Crippen LogP contribution in [0.1, 0.15) is 42.4 Å². The van der Waals surface area contributed by atoms with Crippen LogP contribution in [0.2, 0.25) is 10.0 Å². The average molecular weight is 643 g/mol. The van der Waals surface area contributed by atoms with E-state index in [2.05, 4.69) is 0 Å². The predicted molar refractivity (Wildman–Crippen MR) is 165 cm³/mol. The van der Waals surface area contributed by atoms with Crippen LogP contribution in [0.4, 0.5) is 4.79 Å². The van der Waals surface area contributed by atoms with E-state index in [0.29, 0.717) is 73.1 Å². The van der Waals surface area contributed by atoms with Gasteiger partial charge < -0.3 is 20.3 Å². The number of piperidine rings is 1. The van der Waals surface area contributed by atoms with E-state index < -0.39 is 26.7 Å². The molecule has 0 spiro atoms. The molecule has 2 aliphatic heterocycles. The second-order valence-corrected chi connectivity index (χ2v) is 14.5. The highest BCUT2D eigenvalue weighted by Gasteiger charge is 2.61. The Labute approximate surface area is 261 Å². The zero-order valence-corrected chi connectivity index (χ0v) is 25.9. The molecule has 3 aromatic carbocycles. The van der Waals surface area contributed by atoms with Gasteiger partial charge in [-0.2, -0.15) is 0 Å². The normalized spacial score (nSPS) is 22.1. The molecule has 11 heteroatoms. The molecule has 2 atom stereocenters. The topological polar surface area (TPSA) is 110 Å². The highest BCUT2D eigenvalue weighted by atomic mass is 35.5. The lowest BCUT2D eigenvalue weighted by atomic mass is 9.78. The van der Waals surface area contributed by atoms with Gasteiger partial charge in [-0.1, -0.05) is 53.5 Å². The van der Waals surface area contributed by atoms with E-state index in [-0.39, 0.29) is 23.3 Å². The summed E-state index contributed by atoms with van der Waals surface area (Å²) in [6, 6.07) is 18.3. The van der Waals surface area contributed by atoms with Crippen LogP contribution in [-0.2, 0) is 32.4 Å². The monoisotopic (exact) mass is 641 g/mol. The van der Waals surface area contributed by atoms with E-state index >= 15 is 0 Å². The molecule has 2 heterocycles. The number of likely N-dealkylation sites (tertiary alicyclic amines) is 2. The molecule has 0 aromatic heterocycles. The van der Waals surface area contributed by atoms with Gasteiger partial charge in [-0.05, 0) is 79.6 Å². The van der Waals surface area contributed by atoms with Gasteiger partial charge in [0.2, 0.25) is 5.91 Å². The van der Waals surface area contributed by atoms with Gasteiger partial charge in [-0.25, -0.2) is 13.2 Å². The van der Waals surface area contributed by atoms with Crippen LogP contribution in [0, 0.1) is 5.92 Å². The lowest BCUT2D eigenvalue weighted by Crippen LogP contribution is -2.54. The van der Waals surface area contributed by atoms with Gasteiger partial charge in [0.05, 0.1) is 10.9 Å². The Bertz CT molecular complexity index is 1640. The number of sulfone groups is 1. The van der Waals surface area contributed by atoms with E-state index in [1.54, 1.807) is 64.4 Å². The van der Waals surface area contributed by atoms with Crippen LogP contribution in [0.25, 0.3) is 0 Å². The number of benzene rings is 3. The molecule has 2 fully saturated rings. The van der Waals surface area contributed by atoms with E-state index in [1.807, 2.05) is 12.1 Å². The summed E-state index contributed by atoms with van der Waals surface area (Å²) in [5, 5.41) is 1.02. The van der Waals surface area contributed by atoms with Gasteiger partial charge in [0.1, 0.15) is 17.1 Å². The molecule has 0 unspecified atom stereocenters. The van der Waals surface area contributed by atoms with Crippen LogP contribution >= 0.6 is 23.2 Å². The number of carbonyl (C=O) groups is 2. The third-order valence-electron chi connectivity index (χ3n) is 9.28. The molecule has 8 nitrogen and oxygen atoms in total. The number of hydrogen-bond acceptors (Lipinski definition) is 5. The van der Waals surface area contributed by atoms with E-state index in [9.17, 15) is 18.0 Å². The molecule has 6 rings (SSSR count). The Morgan fingerprint density at radius 2 is 1.63 bits per heavy atom. The second kappa shape index (κ2) is 11.7. The first kappa shape index (κ1) is 29.8. The maximum Gasteiger partial charge on any atom is 0.314 e. The predicted octanol–water partition coefficient (Wildman–Crippen LogP) is 5.58. The number of aryl methyl sites for hydroxylation is 1. The van der Waals surface area contributed by atoms with Gasteiger partial charge in [0.25, 0.3) is 0 Å². The number of ether oxygens (including phenoxy) is 1. The van der Waals surface area contributed by atoms with Gasteiger partial charge in [-0.3, -0.25) is 4.79 Å². The molecule has 0 bridgehead atoms. The minimum atomic E-state index is -3.91. The summed E-state index contributed by atoms with van der Waals surface area (Å²) in [5.74, 6) is 0.270. The Morgan fingerprint density at radius 3 is 2.30 bits per heavy atom. The Hall–Kier alpha value is -3.27. The summed E-state index contributed by atoms with van der Waals surface area (Å²) in [6.45, 7) is 1.35. The Kier molecular flexibility index (Phi) is 8.08. The summed E-state index contributed by atoms with van der Waals surface area (Å²) < 4.78 is 34.0. The lowest BCUT2D eigenvalue weighted by Gasteiger charge is -2.43. The third kappa shape index (κ3) is 5.15. The summed E-state index contributed by atoms with van der Waals surface area (Å²) >= 11 is 12.7. The second-order valence-electron chi connectivity index (χ2n) is 11.4. The van der Waals surface area contributed by atoms with Crippen LogP contribution in [0.15, 0.2) is 71.6 Å². The molecular formula is C32H33Cl2N3O5S. The van der Waals surface area contributed by atoms with Crippen molar-refractivity contribution in [1.29, 1.82) is 0 Å². The molecular weight excluding hydrogens is 609 g/mol. The summed E-state index contributed by atoms with van der Waals surface area (Å²) in [7, 11) is -3.91. The number of primary amides is 1. The standard InChI is InChI=1S/C32H33Cl2N3O5S/c33-27-7-4-8-28(34)25(27)20-42-23-10-11-26-22(19-23)9-12-29-32(26,43(40,41)24-5-2-1-3-6-24)15-18-37(29)30(38)21-13-16-36(17-14-21)31(35)39/h1-8,10-11,19,21,29H,9,12-18,20H2,(H2,35,39)/t29-,32-/m1/s1. The number of nitrogens with two attached hydrogens (primary N) is 1. The first-order valence-electron chi connectivity index (χ1n) is 14.5. The van der Waals surface area contributed by atoms with Crippen LogP contribution in [0.3, 0.4) is 0 Å². The number of nitrogens with zero attached hydrogens (tertiary/aromatic N) is 2. The highest BCUT2D eigenvalue weighted by Crippen LogP contribution is 2.53. The SMILES string of the molecule is NC(=O)N1CCC(C(=O)N2CC[C@@]3(S(=O)(=O)c4ccccc4)c4ccc(OCc5c(Cl)cccc5Cl)cc4CC[C@@H]23)CC1. The molecule has 43 heavy (non-hydrogen) atoms. The van der Waals surface area contributed by atoms with E-state index in [1.165, 1.54) is 0 Å². The van der Waals surface area contributed by atoms with Crippen molar-refractivity contribution < 1.29 is 22.7 Å². The van der Waals surface area contributed by atoms with Crippen LogP contribution in [0.5, 0.6) is 5.75 Å². The first-order chi connectivity index (χ1) is 20.6. The summed E-state index contributed by atoms with van der Waals surface area (Å²) in [6.07, 6.45) is 2.42. The largest absolute Gasteiger partial charge is 0.489 e. The van der Waals surface area contributed by atoms with E-state index in [0.717, 1.165) is 11.1 Å². The molecule has 0 saturated carbocycles. The fourth-order valence-electron chi connectivity index (χ4n) is 7.07. The molecule has 3 amide bonds. The Balaban J connectivity index is 1.34. The van der Waals surface area contributed by atoms with Gasteiger partial charge in [0, 0.05) is 41.2 Å². The zero-order valence-electron chi connectivity index (χ0n) is 23.5. The van der Waals surface area contributed by atoms with Gasteiger partial charge in [-0.15, -0.1) is 0 Å². The number of halogens is 2. The maximum atomic E-state index is 14.6. The molecule has 1 aliphatic carbocycles. The number of urea groups is 1. The summed E-state index contributed by atoms with van der Waals surface area (Å²) in [5.41, 5.74) is 7.73. The van der Waals surface area contributed by atoms with Crippen molar-refractivity contribution in [3.05, 3.63) is 93.5 Å². The molecule has 2 saturated heterocycles. The fourth-order valence-corrected chi connectivity index (χ4v) is 9.97. The van der Waals surface area contributed by atoms with Crippen LogP contribution in [-0.4, -0.2) is 55.8 Å². The Morgan fingerprint density at radius 1 is 0.930 bits per heavy atom. The van der Waals surface area contributed by atoms with Gasteiger partial charge in [0.15, 0.2) is 9.84 Å². The fraction of sp³-hybridized carbons (Fsp3) is 0.375. The zero-order chi connectivity index (χ0) is 30.4. The minimum Gasteiger partial charge on any atom is -0.489 e. The van der Waals surface area contributed by atoms with Crippen molar-refractivity contribution in [1.82, 2.24) is 9.80 Å². The highest BCUT2D eigenvalue weighted by molar-refractivity contribution is 7.92. The van der Waals surface area contributed by atoms with Crippen molar-refractivity contribution >= 4 is 45.0 Å². The molecule has 226 valence electrons. The first-order valence-corrected chi connectivity index (χ1v) is 16.7. The smallest absolute Gasteiger partial charge is 0.314 e. The number of rotatable bonds is 6. The van der Waals surface area contributed by atoms with Gasteiger partial charge >= 0.3 is 6.03 Å². The maximum absolute atomic E-state index is 14.6. The van der Waals surface area contributed by atoms with Crippen molar-refractivity contribution in [3.8, 4) is 5.75 Å². The number of amides is 3. The van der Waals surface area contributed by atoms with Crippen LogP contribution < -0.4 is 10.5 Å². The lowest BCUT2D eigenvalue weighted by molar-refractivity contribution is -0.138. The van der Waals surface area contributed by atoms with Crippen molar-refractivity contribution in [2.45, 2.75) is 54.4 Å². The summed E-state index contributed by atoms with van der Waals surface area (Å²) in [4.78, 5) is 29.1. The third-order valence-corrected chi connectivity index (χ3v) is 12.5. The van der Waals surface area contributed by atoms with Crippen molar-refractivity contribution in [3.63, 3.8) is 0 Å².